The van der Waals surface area contributed by atoms with E-state index in [0.29, 0.717) is 28.9 Å². The lowest BCUT2D eigenvalue weighted by Gasteiger charge is -2.21. The van der Waals surface area contributed by atoms with Crippen LogP contribution in [-0.4, -0.2) is 25.7 Å². The summed E-state index contributed by atoms with van der Waals surface area (Å²) in [5.74, 6) is -0.329. The molecule has 0 fully saturated rings. The molecule has 2 aromatic carbocycles. The van der Waals surface area contributed by atoms with Crippen molar-refractivity contribution in [3.8, 4) is 11.1 Å². The van der Waals surface area contributed by atoms with Gasteiger partial charge in [0.1, 0.15) is 5.58 Å². The smallest absolute Gasteiger partial charge is 0.344 e. The van der Waals surface area contributed by atoms with Crippen molar-refractivity contribution >= 4 is 22.6 Å². The van der Waals surface area contributed by atoms with Crippen LogP contribution in [0.1, 0.15) is 69.7 Å². The molecule has 3 aromatic rings. The molecule has 0 aliphatic carbocycles. The summed E-state index contributed by atoms with van der Waals surface area (Å²) in [6.07, 6.45) is 6.89. The van der Waals surface area contributed by atoms with Crippen molar-refractivity contribution in [3.05, 3.63) is 64.5 Å². The summed E-state index contributed by atoms with van der Waals surface area (Å²) in [5, 5.41) is 0.864. The minimum absolute atomic E-state index is 0.329. The molecule has 5 heteroatoms. The Hall–Kier alpha value is -3.08. The molecule has 0 amide bonds. The van der Waals surface area contributed by atoms with Crippen molar-refractivity contribution in [2.75, 3.05) is 24.6 Å². The maximum Gasteiger partial charge on any atom is 0.344 e. The number of anilines is 1. The highest BCUT2D eigenvalue weighted by Gasteiger charge is 2.12. The first-order valence-corrected chi connectivity index (χ1v) is 12.2. The van der Waals surface area contributed by atoms with Gasteiger partial charge in [0.2, 0.25) is 0 Å². The number of fused-ring (bicyclic) bond motifs is 1. The Bertz CT molecular complexity index is 1100. The van der Waals surface area contributed by atoms with E-state index < -0.39 is 5.63 Å². The molecular weight excluding hydrogens is 414 g/mol. The number of unbranched alkanes of at least 4 members (excludes halogenated alkanes) is 5. The van der Waals surface area contributed by atoms with Crippen molar-refractivity contribution < 1.29 is 13.9 Å². The van der Waals surface area contributed by atoms with E-state index in [1.807, 2.05) is 24.3 Å². The zero-order valence-corrected chi connectivity index (χ0v) is 20.1. The van der Waals surface area contributed by atoms with Gasteiger partial charge in [-0.15, -0.1) is 0 Å². The van der Waals surface area contributed by atoms with Crippen LogP contribution >= 0.6 is 0 Å². The highest BCUT2D eigenvalue weighted by Crippen LogP contribution is 2.25. The molecule has 0 aliphatic heterocycles. The molecule has 0 radical (unpaired) electrons. The van der Waals surface area contributed by atoms with Crippen molar-refractivity contribution in [3.63, 3.8) is 0 Å². The Labute approximate surface area is 196 Å². The summed E-state index contributed by atoms with van der Waals surface area (Å²) in [7, 11) is 0. The number of ether oxygens (including phenoxy) is 1. The van der Waals surface area contributed by atoms with Gasteiger partial charge in [-0.3, -0.25) is 0 Å². The van der Waals surface area contributed by atoms with Crippen LogP contribution < -0.4 is 10.5 Å². The van der Waals surface area contributed by atoms with Crippen LogP contribution in [0.5, 0.6) is 0 Å². The van der Waals surface area contributed by atoms with Crippen LogP contribution in [0.15, 0.2) is 57.7 Å². The van der Waals surface area contributed by atoms with E-state index in [9.17, 15) is 9.59 Å². The van der Waals surface area contributed by atoms with E-state index in [1.165, 1.54) is 25.7 Å². The Morgan fingerprint density at radius 1 is 0.879 bits per heavy atom. The fourth-order valence-corrected chi connectivity index (χ4v) is 4.00. The van der Waals surface area contributed by atoms with Crippen molar-refractivity contribution in [2.45, 2.75) is 59.3 Å². The average molecular weight is 450 g/mol. The third-order valence-corrected chi connectivity index (χ3v) is 6.01. The molecule has 0 spiro atoms. The Morgan fingerprint density at radius 2 is 1.58 bits per heavy atom. The molecule has 0 unspecified atom stereocenters. The summed E-state index contributed by atoms with van der Waals surface area (Å²) in [4.78, 5) is 27.2. The molecule has 0 aliphatic rings. The average Bonchev–Trinajstić information content (AvgIpc) is 2.83. The Balaban J connectivity index is 1.66. The molecule has 0 N–H and O–H groups in total. The fraction of sp³-hybridized carbons (Fsp3) is 0.429. The number of hydrogen-bond acceptors (Lipinski definition) is 5. The molecular formula is C28H35NO4. The predicted molar refractivity (Wildman–Crippen MR) is 135 cm³/mol. The second kappa shape index (κ2) is 12.2. The maximum atomic E-state index is 12.7. The van der Waals surface area contributed by atoms with Gasteiger partial charge >= 0.3 is 11.6 Å². The first kappa shape index (κ1) is 24.6. The van der Waals surface area contributed by atoms with Crippen LogP contribution in [0, 0.1) is 0 Å². The zero-order valence-electron chi connectivity index (χ0n) is 20.1. The van der Waals surface area contributed by atoms with Gasteiger partial charge in [-0.05, 0) is 56.2 Å². The Kier molecular flexibility index (Phi) is 9.11. The number of rotatable bonds is 12. The molecule has 0 saturated carbocycles. The molecule has 0 saturated heterocycles. The van der Waals surface area contributed by atoms with Gasteiger partial charge in [-0.2, -0.15) is 0 Å². The van der Waals surface area contributed by atoms with E-state index in [4.69, 9.17) is 9.15 Å². The van der Waals surface area contributed by atoms with E-state index in [1.54, 1.807) is 24.3 Å². The number of hydrogen-bond donors (Lipinski definition) is 0. The lowest BCUT2D eigenvalue weighted by atomic mass is 10.0. The minimum Gasteiger partial charge on any atom is -0.462 e. The predicted octanol–water partition coefficient (Wildman–Crippen LogP) is 6.82. The summed E-state index contributed by atoms with van der Waals surface area (Å²) in [6, 6.07) is 14.7. The van der Waals surface area contributed by atoms with Crippen LogP contribution in [0.25, 0.3) is 22.1 Å². The largest absolute Gasteiger partial charge is 0.462 e. The highest BCUT2D eigenvalue weighted by molar-refractivity contribution is 5.90. The third kappa shape index (κ3) is 6.47. The summed E-state index contributed by atoms with van der Waals surface area (Å²) in [5.41, 5.74) is 2.89. The van der Waals surface area contributed by atoms with Gasteiger partial charge in [0.05, 0.1) is 17.7 Å². The molecule has 1 heterocycles. The molecule has 0 bridgehead atoms. The molecule has 3 rings (SSSR count). The van der Waals surface area contributed by atoms with E-state index in [0.717, 1.165) is 37.0 Å². The number of carbonyl (C=O) groups excluding carboxylic acids is 1. The van der Waals surface area contributed by atoms with Gasteiger partial charge in [0.15, 0.2) is 0 Å². The number of esters is 1. The van der Waals surface area contributed by atoms with Crippen molar-refractivity contribution in [2.24, 2.45) is 0 Å². The summed E-state index contributed by atoms with van der Waals surface area (Å²) >= 11 is 0. The second-order valence-corrected chi connectivity index (χ2v) is 8.32. The van der Waals surface area contributed by atoms with Gasteiger partial charge in [0.25, 0.3) is 0 Å². The lowest BCUT2D eigenvalue weighted by Crippen LogP contribution is -2.21. The van der Waals surface area contributed by atoms with Gasteiger partial charge in [0, 0.05) is 30.2 Å². The van der Waals surface area contributed by atoms with Crippen LogP contribution in [-0.2, 0) is 4.74 Å². The first-order valence-electron chi connectivity index (χ1n) is 12.2. The quantitative estimate of drug-likeness (QED) is 0.172. The Morgan fingerprint density at radius 3 is 2.27 bits per heavy atom. The molecule has 0 atom stereocenters. The first-order chi connectivity index (χ1) is 16.1. The topological polar surface area (TPSA) is 59.8 Å². The molecule has 176 valence electrons. The van der Waals surface area contributed by atoms with E-state index in [-0.39, 0.29) is 5.97 Å². The molecule has 5 nitrogen and oxygen atoms in total. The fourth-order valence-electron chi connectivity index (χ4n) is 4.00. The lowest BCUT2D eigenvalue weighted by molar-refractivity contribution is 0.0497. The maximum absolute atomic E-state index is 12.7. The van der Waals surface area contributed by atoms with Crippen molar-refractivity contribution in [1.82, 2.24) is 0 Å². The normalized spacial score (nSPS) is 11.0. The number of carbonyl (C=O) groups is 1. The van der Waals surface area contributed by atoms with Gasteiger partial charge in [-0.25, -0.2) is 9.59 Å². The number of nitrogens with zero attached hydrogens (tertiary/aromatic N) is 1. The minimum atomic E-state index is -0.391. The molecule has 33 heavy (non-hydrogen) atoms. The van der Waals surface area contributed by atoms with Crippen molar-refractivity contribution in [1.29, 1.82) is 0 Å². The highest BCUT2D eigenvalue weighted by atomic mass is 16.5. The van der Waals surface area contributed by atoms with Crippen LogP contribution in [0.3, 0.4) is 0 Å². The van der Waals surface area contributed by atoms with Crippen LogP contribution in [0.4, 0.5) is 5.69 Å². The molecule has 1 aromatic heterocycles. The van der Waals surface area contributed by atoms with Gasteiger partial charge < -0.3 is 14.1 Å². The summed E-state index contributed by atoms with van der Waals surface area (Å²) < 4.78 is 11.0. The van der Waals surface area contributed by atoms with E-state index in [2.05, 4.69) is 25.7 Å². The number of benzene rings is 2. The monoisotopic (exact) mass is 449 g/mol. The summed E-state index contributed by atoms with van der Waals surface area (Å²) in [6.45, 7) is 8.61. The second-order valence-electron chi connectivity index (χ2n) is 8.32. The SMILES string of the molecule is CCCCCCCCOC(=O)c1ccc(-c2cc3ccc(N(CC)CC)cc3oc2=O)cc1. The van der Waals surface area contributed by atoms with Gasteiger partial charge in [-0.1, -0.05) is 51.2 Å². The van der Waals surface area contributed by atoms with Crippen LogP contribution in [0.2, 0.25) is 0 Å². The standard InChI is InChI=1S/C28H35NO4/c1-4-7-8-9-10-11-18-32-27(30)22-14-12-21(13-15-22)25-19-23-16-17-24(29(5-2)6-3)20-26(23)33-28(25)31/h12-17,19-20H,4-11,18H2,1-3H3. The zero-order chi connectivity index (χ0) is 23.6. The third-order valence-electron chi connectivity index (χ3n) is 6.01. The van der Waals surface area contributed by atoms with E-state index >= 15 is 0 Å².